The number of carbonyl (C=O) groups excluding carboxylic acids is 1. The number of hydrogen-bond acceptors (Lipinski definition) is 4. The van der Waals surface area contributed by atoms with Crippen molar-refractivity contribution >= 4 is 27.5 Å². The Morgan fingerprint density at radius 2 is 2.32 bits per heavy atom. The van der Waals surface area contributed by atoms with Crippen molar-refractivity contribution in [3.8, 4) is 0 Å². The quantitative estimate of drug-likeness (QED) is 0.825. The number of nitrogens with one attached hydrogen (secondary N) is 2. The fraction of sp³-hybridized carbons (Fsp3) is 0.529. The lowest BCUT2D eigenvalue weighted by molar-refractivity contribution is -0.121. The van der Waals surface area contributed by atoms with Gasteiger partial charge < -0.3 is 10.6 Å². The minimum atomic E-state index is 0.173. The van der Waals surface area contributed by atoms with Crippen LogP contribution in [0.25, 0.3) is 10.2 Å². The number of carbonyl (C=O) groups is 1. The van der Waals surface area contributed by atoms with Crippen molar-refractivity contribution in [2.45, 2.75) is 32.1 Å². The van der Waals surface area contributed by atoms with E-state index in [1.807, 2.05) is 18.2 Å². The molecule has 1 aromatic heterocycles. The number of nitrogens with zero attached hydrogens (tertiary/aromatic N) is 1. The van der Waals surface area contributed by atoms with E-state index in [-0.39, 0.29) is 5.91 Å². The second kappa shape index (κ2) is 7.70. The lowest BCUT2D eigenvalue weighted by atomic mass is 10.1. The molecule has 1 amide bonds. The lowest BCUT2D eigenvalue weighted by Crippen LogP contribution is -2.26. The number of benzene rings is 1. The molecule has 4 nitrogen and oxygen atoms in total. The summed E-state index contributed by atoms with van der Waals surface area (Å²) in [6.07, 6.45) is 4.69. The van der Waals surface area contributed by atoms with Crippen LogP contribution in [-0.2, 0) is 11.2 Å². The summed E-state index contributed by atoms with van der Waals surface area (Å²) in [7, 11) is 0. The number of rotatable bonds is 7. The number of para-hydroxylation sites is 1. The van der Waals surface area contributed by atoms with Gasteiger partial charge in [0.1, 0.15) is 0 Å². The summed E-state index contributed by atoms with van der Waals surface area (Å²) in [4.78, 5) is 16.4. The minimum absolute atomic E-state index is 0.173. The number of thiazole rings is 1. The molecule has 2 heterocycles. The van der Waals surface area contributed by atoms with Gasteiger partial charge in [0.2, 0.25) is 5.91 Å². The van der Waals surface area contributed by atoms with Gasteiger partial charge in [-0.15, -0.1) is 11.3 Å². The van der Waals surface area contributed by atoms with E-state index >= 15 is 0 Å². The number of amides is 1. The maximum Gasteiger partial charge on any atom is 0.220 e. The normalized spacial score (nSPS) is 17.9. The molecule has 118 valence electrons. The molecule has 1 aliphatic heterocycles. The molecule has 1 aromatic carbocycles. The Labute approximate surface area is 135 Å². The first-order valence-corrected chi connectivity index (χ1v) is 8.95. The van der Waals surface area contributed by atoms with Crippen LogP contribution in [0, 0.1) is 5.92 Å². The Morgan fingerprint density at radius 3 is 3.14 bits per heavy atom. The molecule has 1 atom stereocenters. The zero-order valence-electron chi connectivity index (χ0n) is 12.8. The van der Waals surface area contributed by atoms with Gasteiger partial charge in [-0.1, -0.05) is 12.1 Å². The van der Waals surface area contributed by atoms with Gasteiger partial charge in [0.25, 0.3) is 0 Å². The molecule has 22 heavy (non-hydrogen) atoms. The Morgan fingerprint density at radius 1 is 1.41 bits per heavy atom. The highest BCUT2D eigenvalue weighted by Crippen LogP contribution is 2.22. The molecule has 1 aliphatic rings. The third-order valence-corrected chi connectivity index (χ3v) is 5.27. The van der Waals surface area contributed by atoms with Crippen LogP contribution in [0.3, 0.4) is 0 Å². The number of hydrogen-bond donors (Lipinski definition) is 2. The Hall–Kier alpha value is -1.46. The molecule has 0 radical (unpaired) electrons. The van der Waals surface area contributed by atoms with E-state index in [0.717, 1.165) is 55.3 Å². The van der Waals surface area contributed by atoms with Gasteiger partial charge in [-0.05, 0) is 56.8 Å². The minimum Gasteiger partial charge on any atom is -0.356 e. The van der Waals surface area contributed by atoms with Crippen LogP contribution < -0.4 is 10.6 Å². The van der Waals surface area contributed by atoms with Crippen LogP contribution in [0.1, 0.15) is 30.7 Å². The monoisotopic (exact) mass is 317 g/mol. The van der Waals surface area contributed by atoms with Crippen LogP contribution in [0.2, 0.25) is 0 Å². The molecule has 1 saturated heterocycles. The van der Waals surface area contributed by atoms with Crippen molar-refractivity contribution in [1.29, 1.82) is 0 Å². The van der Waals surface area contributed by atoms with E-state index in [4.69, 9.17) is 0 Å². The van der Waals surface area contributed by atoms with Gasteiger partial charge in [0.05, 0.1) is 15.2 Å². The van der Waals surface area contributed by atoms with Crippen molar-refractivity contribution in [3.63, 3.8) is 0 Å². The molecule has 0 spiro atoms. The van der Waals surface area contributed by atoms with Crippen molar-refractivity contribution < 1.29 is 4.79 Å². The molecule has 1 fully saturated rings. The summed E-state index contributed by atoms with van der Waals surface area (Å²) >= 11 is 1.73. The van der Waals surface area contributed by atoms with Crippen molar-refractivity contribution in [2.75, 3.05) is 19.6 Å². The van der Waals surface area contributed by atoms with E-state index in [1.165, 1.54) is 11.1 Å². The van der Waals surface area contributed by atoms with Crippen molar-refractivity contribution in [2.24, 2.45) is 5.92 Å². The molecule has 5 heteroatoms. The first-order chi connectivity index (χ1) is 10.8. The summed E-state index contributed by atoms with van der Waals surface area (Å²) in [5.74, 6) is 0.912. The summed E-state index contributed by atoms with van der Waals surface area (Å²) < 4.78 is 1.23. The SMILES string of the molecule is O=C(CCCc1nc2ccccc2s1)NCCC1CCNC1. The average Bonchev–Trinajstić information content (AvgIpc) is 3.15. The third-order valence-electron chi connectivity index (χ3n) is 4.17. The maximum absolute atomic E-state index is 11.8. The fourth-order valence-corrected chi connectivity index (χ4v) is 3.90. The van der Waals surface area contributed by atoms with Gasteiger partial charge in [-0.2, -0.15) is 0 Å². The summed E-state index contributed by atoms with van der Waals surface area (Å²) in [5, 5.41) is 7.52. The van der Waals surface area contributed by atoms with Crippen LogP contribution in [0.4, 0.5) is 0 Å². The number of fused-ring (bicyclic) bond motifs is 1. The fourth-order valence-electron chi connectivity index (χ4n) is 2.89. The first kappa shape index (κ1) is 15.4. The van der Waals surface area contributed by atoms with E-state index in [0.29, 0.717) is 6.42 Å². The maximum atomic E-state index is 11.8. The van der Waals surface area contributed by atoms with Gasteiger partial charge in [-0.25, -0.2) is 4.98 Å². The van der Waals surface area contributed by atoms with Crippen molar-refractivity contribution in [1.82, 2.24) is 15.6 Å². The third kappa shape index (κ3) is 4.27. The topological polar surface area (TPSA) is 54.0 Å². The van der Waals surface area contributed by atoms with E-state index in [1.54, 1.807) is 11.3 Å². The first-order valence-electron chi connectivity index (χ1n) is 8.13. The predicted molar refractivity (Wildman–Crippen MR) is 91.2 cm³/mol. The lowest BCUT2D eigenvalue weighted by Gasteiger charge is -2.09. The Balaban J connectivity index is 1.34. The molecule has 3 rings (SSSR count). The van der Waals surface area contributed by atoms with E-state index < -0.39 is 0 Å². The van der Waals surface area contributed by atoms with Crippen molar-refractivity contribution in [3.05, 3.63) is 29.3 Å². The summed E-state index contributed by atoms with van der Waals surface area (Å²) in [5.41, 5.74) is 1.07. The molecule has 0 saturated carbocycles. The highest BCUT2D eigenvalue weighted by Gasteiger charge is 2.14. The van der Waals surface area contributed by atoms with Gasteiger partial charge in [0, 0.05) is 13.0 Å². The van der Waals surface area contributed by atoms with Gasteiger partial charge in [-0.3, -0.25) is 4.79 Å². The van der Waals surface area contributed by atoms with E-state index in [9.17, 15) is 4.79 Å². The highest BCUT2D eigenvalue weighted by molar-refractivity contribution is 7.18. The zero-order valence-corrected chi connectivity index (χ0v) is 13.6. The molecule has 1 unspecified atom stereocenters. The Bertz CT molecular complexity index is 586. The second-order valence-corrected chi connectivity index (χ2v) is 7.04. The number of aryl methyl sites for hydroxylation is 1. The molecule has 2 aromatic rings. The Kier molecular flexibility index (Phi) is 5.40. The molecule has 0 bridgehead atoms. The van der Waals surface area contributed by atoms with Crippen LogP contribution in [0.15, 0.2) is 24.3 Å². The predicted octanol–water partition coefficient (Wildman–Crippen LogP) is 2.73. The summed E-state index contributed by atoms with van der Waals surface area (Å²) in [6.45, 7) is 3.04. The summed E-state index contributed by atoms with van der Waals surface area (Å²) in [6, 6.07) is 8.19. The smallest absolute Gasteiger partial charge is 0.220 e. The number of aromatic nitrogens is 1. The van der Waals surface area contributed by atoms with E-state index in [2.05, 4.69) is 21.7 Å². The standard InChI is InChI=1S/C17H23N3OS/c21-16(19-11-9-13-8-10-18-12-13)6-3-7-17-20-14-4-1-2-5-15(14)22-17/h1-2,4-5,13,18H,3,6-12H2,(H,19,21). The van der Waals surface area contributed by atoms with Gasteiger partial charge >= 0.3 is 0 Å². The molecule has 2 N–H and O–H groups in total. The molecular formula is C17H23N3OS. The zero-order chi connectivity index (χ0) is 15.2. The molecular weight excluding hydrogens is 294 g/mol. The second-order valence-electron chi connectivity index (χ2n) is 5.93. The highest BCUT2D eigenvalue weighted by atomic mass is 32.1. The average molecular weight is 317 g/mol. The van der Waals surface area contributed by atoms with Crippen LogP contribution in [0.5, 0.6) is 0 Å². The van der Waals surface area contributed by atoms with Gasteiger partial charge in [0.15, 0.2) is 0 Å². The van der Waals surface area contributed by atoms with Crippen LogP contribution >= 0.6 is 11.3 Å². The van der Waals surface area contributed by atoms with Crippen LogP contribution in [-0.4, -0.2) is 30.5 Å². The largest absolute Gasteiger partial charge is 0.356 e. The molecule has 0 aliphatic carbocycles.